The Morgan fingerprint density at radius 1 is 1.48 bits per heavy atom. The van der Waals surface area contributed by atoms with Gasteiger partial charge in [-0.15, -0.1) is 0 Å². The van der Waals surface area contributed by atoms with E-state index in [0.717, 1.165) is 5.56 Å². The van der Waals surface area contributed by atoms with Crippen LogP contribution >= 0.6 is 11.6 Å². The normalized spacial score (nSPS) is 22.8. The molecule has 0 saturated carbocycles. The molecular weight excluding hydrogens is 316 g/mol. The van der Waals surface area contributed by atoms with E-state index in [0.29, 0.717) is 18.2 Å². The van der Waals surface area contributed by atoms with Crippen LogP contribution in [0.2, 0.25) is 5.02 Å². The van der Waals surface area contributed by atoms with Gasteiger partial charge in [-0.2, -0.15) is 5.10 Å². The Kier molecular flexibility index (Phi) is 4.63. The Morgan fingerprint density at radius 3 is 3.00 bits per heavy atom. The van der Waals surface area contributed by atoms with Crippen molar-refractivity contribution in [3.8, 4) is 0 Å². The molecule has 0 bridgehead atoms. The van der Waals surface area contributed by atoms with Crippen LogP contribution < -0.4 is 0 Å². The fraction of sp³-hybridized carbons (Fsp3) is 0.438. The molecule has 1 saturated heterocycles. The van der Waals surface area contributed by atoms with Crippen molar-refractivity contribution in [3.63, 3.8) is 0 Å². The largest absolute Gasteiger partial charge is 0.370 e. The van der Waals surface area contributed by atoms with E-state index in [1.165, 1.54) is 6.33 Å². The molecule has 1 amide bonds. The number of rotatable bonds is 3. The lowest BCUT2D eigenvalue weighted by Crippen LogP contribution is -2.50. The van der Waals surface area contributed by atoms with Gasteiger partial charge in [0.2, 0.25) is 5.91 Å². The van der Waals surface area contributed by atoms with Gasteiger partial charge in [0.05, 0.1) is 19.2 Å². The molecule has 6 nitrogen and oxygen atoms in total. The standard InChI is InChI=1S/C16H19ClN4O2/c1-11-8-23-15(13-4-3-5-14(17)6-13)7-20(11)16(22)12(2)21-10-18-9-19-21/h3-6,9-12,15H,7-8H2,1-2H3/t11-,12+,15-/m1/s1. The molecule has 3 atom stereocenters. The minimum Gasteiger partial charge on any atom is -0.370 e. The van der Waals surface area contributed by atoms with Crippen molar-refractivity contribution in [2.75, 3.05) is 13.2 Å². The maximum absolute atomic E-state index is 12.8. The first kappa shape index (κ1) is 16.0. The maximum atomic E-state index is 12.8. The fourth-order valence-corrected chi connectivity index (χ4v) is 2.94. The van der Waals surface area contributed by atoms with E-state index in [1.54, 1.807) is 11.0 Å². The van der Waals surface area contributed by atoms with Crippen LogP contribution in [0.1, 0.15) is 31.6 Å². The number of carbonyl (C=O) groups excluding carboxylic acids is 1. The van der Waals surface area contributed by atoms with E-state index in [1.807, 2.05) is 43.0 Å². The SMILES string of the molecule is C[C@@H]1CO[C@@H](c2cccc(Cl)c2)CN1C(=O)[C@H](C)n1cncn1. The van der Waals surface area contributed by atoms with E-state index < -0.39 is 6.04 Å². The van der Waals surface area contributed by atoms with Gasteiger partial charge in [-0.05, 0) is 31.5 Å². The van der Waals surface area contributed by atoms with Crippen molar-refractivity contribution in [2.45, 2.75) is 32.0 Å². The molecule has 3 rings (SSSR count). The van der Waals surface area contributed by atoms with Crippen LogP contribution in [0.4, 0.5) is 0 Å². The highest BCUT2D eigenvalue weighted by atomic mass is 35.5. The summed E-state index contributed by atoms with van der Waals surface area (Å²) < 4.78 is 7.46. The molecule has 0 unspecified atom stereocenters. The average molecular weight is 335 g/mol. The van der Waals surface area contributed by atoms with Crippen LogP contribution in [0.25, 0.3) is 0 Å². The van der Waals surface area contributed by atoms with Gasteiger partial charge >= 0.3 is 0 Å². The first-order valence-electron chi connectivity index (χ1n) is 7.58. The van der Waals surface area contributed by atoms with Crippen LogP contribution in [0.3, 0.4) is 0 Å². The molecule has 0 spiro atoms. The summed E-state index contributed by atoms with van der Waals surface area (Å²) in [6, 6.07) is 7.19. The molecule has 7 heteroatoms. The Balaban J connectivity index is 1.77. The van der Waals surface area contributed by atoms with Crippen LogP contribution in [0.5, 0.6) is 0 Å². The van der Waals surface area contributed by atoms with Crippen LogP contribution in [-0.2, 0) is 9.53 Å². The third kappa shape index (κ3) is 3.38. The number of benzene rings is 1. The first-order valence-corrected chi connectivity index (χ1v) is 7.95. The smallest absolute Gasteiger partial charge is 0.247 e. The molecule has 1 aromatic heterocycles. The van der Waals surface area contributed by atoms with Gasteiger partial charge in [-0.1, -0.05) is 23.7 Å². The predicted octanol–water partition coefficient (Wildman–Crippen LogP) is 2.48. The zero-order chi connectivity index (χ0) is 16.4. The van der Waals surface area contributed by atoms with Gasteiger partial charge < -0.3 is 9.64 Å². The quantitative estimate of drug-likeness (QED) is 0.865. The molecule has 2 heterocycles. The molecule has 1 aliphatic rings. The maximum Gasteiger partial charge on any atom is 0.247 e. The highest BCUT2D eigenvalue weighted by molar-refractivity contribution is 6.30. The minimum atomic E-state index is -0.391. The van der Waals surface area contributed by atoms with Gasteiger partial charge in [0, 0.05) is 5.02 Å². The second kappa shape index (κ2) is 6.68. The third-order valence-corrected chi connectivity index (χ3v) is 4.36. The summed E-state index contributed by atoms with van der Waals surface area (Å²) in [5, 5.41) is 4.72. The summed E-state index contributed by atoms with van der Waals surface area (Å²) in [4.78, 5) is 18.6. The molecule has 0 aliphatic carbocycles. The van der Waals surface area contributed by atoms with Crippen LogP contribution in [0.15, 0.2) is 36.9 Å². The Hall–Kier alpha value is -1.92. The highest BCUT2D eigenvalue weighted by Crippen LogP contribution is 2.28. The summed E-state index contributed by atoms with van der Waals surface area (Å²) in [7, 11) is 0. The third-order valence-electron chi connectivity index (χ3n) is 4.13. The Morgan fingerprint density at radius 2 is 2.30 bits per heavy atom. The second-order valence-corrected chi connectivity index (χ2v) is 6.20. The van der Waals surface area contributed by atoms with Gasteiger partial charge in [-0.3, -0.25) is 4.79 Å². The lowest BCUT2D eigenvalue weighted by molar-refractivity contribution is -0.147. The summed E-state index contributed by atoms with van der Waals surface area (Å²) in [6.45, 7) is 4.81. The number of halogens is 1. The molecule has 1 aliphatic heterocycles. The van der Waals surface area contributed by atoms with E-state index in [2.05, 4.69) is 10.1 Å². The van der Waals surface area contributed by atoms with Crippen LogP contribution in [-0.4, -0.2) is 44.8 Å². The van der Waals surface area contributed by atoms with Crippen molar-refractivity contribution >= 4 is 17.5 Å². The molecule has 0 N–H and O–H groups in total. The van der Waals surface area contributed by atoms with Gasteiger partial charge in [-0.25, -0.2) is 9.67 Å². The molecular formula is C16H19ClN4O2. The lowest BCUT2D eigenvalue weighted by atomic mass is 10.1. The first-order chi connectivity index (χ1) is 11.1. The summed E-state index contributed by atoms with van der Waals surface area (Å²) in [6.07, 6.45) is 2.82. The monoisotopic (exact) mass is 334 g/mol. The number of morpholine rings is 1. The Labute approximate surface area is 140 Å². The van der Waals surface area contributed by atoms with Crippen molar-refractivity contribution in [1.82, 2.24) is 19.7 Å². The minimum absolute atomic E-state index is 0.0123. The number of hydrogen-bond donors (Lipinski definition) is 0. The molecule has 1 aromatic carbocycles. The van der Waals surface area contributed by atoms with Crippen molar-refractivity contribution in [1.29, 1.82) is 0 Å². The Bertz CT molecular complexity index is 676. The summed E-state index contributed by atoms with van der Waals surface area (Å²) >= 11 is 6.06. The number of ether oxygens (including phenoxy) is 1. The molecule has 0 radical (unpaired) electrons. The number of hydrogen-bond acceptors (Lipinski definition) is 4. The van der Waals surface area contributed by atoms with Gasteiger partial charge in [0.1, 0.15) is 24.8 Å². The zero-order valence-electron chi connectivity index (χ0n) is 13.1. The molecule has 1 fully saturated rings. The second-order valence-electron chi connectivity index (χ2n) is 5.77. The van der Waals surface area contributed by atoms with E-state index >= 15 is 0 Å². The van der Waals surface area contributed by atoms with Crippen molar-refractivity contribution in [2.24, 2.45) is 0 Å². The molecule has 2 aromatic rings. The zero-order valence-corrected chi connectivity index (χ0v) is 13.8. The predicted molar refractivity (Wildman–Crippen MR) is 86.1 cm³/mol. The number of aromatic nitrogens is 3. The van der Waals surface area contributed by atoms with Crippen molar-refractivity contribution in [3.05, 3.63) is 47.5 Å². The average Bonchev–Trinajstić information content (AvgIpc) is 3.08. The van der Waals surface area contributed by atoms with Gasteiger partial charge in [0.25, 0.3) is 0 Å². The topological polar surface area (TPSA) is 60.2 Å². The fourth-order valence-electron chi connectivity index (χ4n) is 2.74. The molecule has 23 heavy (non-hydrogen) atoms. The van der Waals surface area contributed by atoms with Gasteiger partial charge in [0.15, 0.2) is 0 Å². The van der Waals surface area contributed by atoms with Crippen molar-refractivity contribution < 1.29 is 9.53 Å². The number of amides is 1. The summed E-state index contributed by atoms with van der Waals surface area (Å²) in [5.74, 6) is 0.0123. The van der Waals surface area contributed by atoms with E-state index in [9.17, 15) is 4.79 Å². The van der Waals surface area contributed by atoms with Crippen LogP contribution in [0, 0.1) is 0 Å². The number of nitrogens with zero attached hydrogens (tertiary/aromatic N) is 4. The van der Waals surface area contributed by atoms with E-state index in [4.69, 9.17) is 16.3 Å². The highest BCUT2D eigenvalue weighted by Gasteiger charge is 2.33. The number of carbonyl (C=O) groups is 1. The lowest BCUT2D eigenvalue weighted by Gasteiger charge is -2.39. The summed E-state index contributed by atoms with van der Waals surface area (Å²) in [5.41, 5.74) is 0.982. The van der Waals surface area contributed by atoms with E-state index in [-0.39, 0.29) is 18.1 Å². The molecule has 122 valence electrons.